The smallest absolute Gasteiger partial charge is 0.234 e. The second-order valence-electron chi connectivity index (χ2n) is 5.62. The molecule has 122 valence electrons. The number of piperazine rings is 1. The van der Waals surface area contributed by atoms with Gasteiger partial charge in [0.1, 0.15) is 0 Å². The van der Waals surface area contributed by atoms with Crippen molar-refractivity contribution in [3.05, 3.63) is 35.4 Å². The van der Waals surface area contributed by atoms with E-state index in [4.69, 9.17) is 4.74 Å². The number of ether oxygens (including phenoxy) is 1. The minimum atomic E-state index is 0.0891. The third kappa shape index (κ3) is 5.75. The van der Waals surface area contributed by atoms with E-state index < -0.39 is 0 Å². The molecule has 1 saturated heterocycles. The number of amides is 1. The molecule has 0 aromatic heterocycles. The van der Waals surface area contributed by atoms with Gasteiger partial charge in [-0.25, -0.2) is 0 Å². The van der Waals surface area contributed by atoms with E-state index in [9.17, 15) is 4.79 Å². The van der Waals surface area contributed by atoms with Gasteiger partial charge in [0.2, 0.25) is 5.91 Å². The molecule has 0 aliphatic carbocycles. The van der Waals surface area contributed by atoms with Crippen molar-refractivity contribution < 1.29 is 9.53 Å². The Kier molecular flexibility index (Phi) is 7.36. The van der Waals surface area contributed by atoms with Gasteiger partial charge in [0, 0.05) is 39.3 Å². The van der Waals surface area contributed by atoms with Crippen molar-refractivity contribution in [1.82, 2.24) is 15.5 Å². The molecule has 1 aromatic carbocycles. The first-order chi connectivity index (χ1) is 10.8. The summed E-state index contributed by atoms with van der Waals surface area (Å²) in [6.07, 6.45) is 1.02. The molecule has 0 saturated carbocycles. The van der Waals surface area contributed by atoms with Crippen LogP contribution in [0.5, 0.6) is 0 Å². The summed E-state index contributed by atoms with van der Waals surface area (Å²) in [5.41, 5.74) is 2.28. The normalized spacial score (nSPS) is 15.7. The molecule has 2 rings (SSSR count). The lowest BCUT2D eigenvalue weighted by atomic mass is 10.1. The van der Waals surface area contributed by atoms with E-state index in [0.717, 1.165) is 50.3 Å². The molecular formula is C17H27N3O2. The largest absolute Gasteiger partial charge is 0.377 e. The first kappa shape index (κ1) is 16.9. The van der Waals surface area contributed by atoms with E-state index in [1.54, 1.807) is 0 Å². The molecule has 1 aromatic rings. The van der Waals surface area contributed by atoms with Gasteiger partial charge in [0.25, 0.3) is 0 Å². The molecule has 0 unspecified atom stereocenters. The Balaban J connectivity index is 1.78. The van der Waals surface area contributed by atoms with Crippen molar-refractivity contribution in [2.45, 2.75) is 26.5 Å². The Labute approximate surface area is 133 Å². The molecular weight excluding hydrogens is 278 g/mol. The zero-order chi connectivity index (χ0) is 15.6. The standard InChI is InChI=1S/C17H27N3O2/c1-2-11-22-14-16-6-4-3-5-15(16)12-19-17(21)13-20-9-7-18-8-10-20/h3-6,18H,2,7-14H2,1H3,(H,19,21). The van der Waals surface area contributed by atoms with Gasteiger partial charge in [0.15, 0.2) is 0 Å². The van der Waals surface area contributed by atoms with Crippen LogP contribution < -0.4 is 10.6 Å². The van der Waals surface area contributed by atoms with Gasteiger partial charge in [-0.3, -0.25) is 9.69 Å². The Hall–Kier alpha value is -1.43. The van der Waals surface area contributed by atoms with Crippen LogP contribution in [0.1, 0.15) is 24.5 Å². The summed E-state index contributed by atoms with van der Waals surface area (Å²) >= 11 is 0. The highest BCUT2D eigenvalue weighted by molar-refractivity contribution is 5.78. The average Bonchev–Trinajstić information content (AvgIpc) is 2.55. The molecule has 5 nitrogen and oxygen atoms in total. The van der Waals surface area contributed by atoms with Gasteiger partial charge in [-0.2, -0.15) is 0 Å². The maximum atomic E-state index is 12.1. The van der Waals surface area contributed by atoms with Crippen LogP contribution in [-0.2, 0) is 22.7 Å². The minimum absolute atomic E-state index is 0.0891. The van der Waals surface area contributed by atoms with Crippen molar-refractivity contribution in [1.29, 1.82) is 0 Å². The van der Waals surface area contributed by atoms with Crippen molar-refractivity contribution in [3.63, 3.8) is 0 Å². The van der Waals surface area contributed by atoms with Gasteiger partial charge in [-0.1, -0.05) is 31.2 Å². The average molecular weight is 305 g/mol. The fourth-order valence-electron chi connectivity index (χ4n) is 2.52. The second kappa shape index (κ2) is 9.56. The van der Waals surface area contributed by atoms with E-state index in [1.807, 2.05) is 12.1 Å². The van der Waals surface area contributed by atoms with E-state index >= 15 is 0 Å². The Bertz CT molecular complexity index is 459. The van der Waals surface area contributed by atoms with Gasteiger partial charge in [-0.15, -0.1) is 0 Å². The molecule has 0 spiro atoms. The lowest BCUT2D eigenvalue weighted by Gasteiger charge is -2.26. The summed E-state index contributed by atoms with van der Waals surface area (Å²) in [7, 11) is 0. The summed E-state index contributed by atoms with van der Waals surface area (Å²) in [5.74, 6) is 0.0891. The summed E-state index contributed by atoms with van der Waals surface area (Å²) < 4.78 is 5.61. The van der Waals surface area contributed by atoms with Crippen LogP contribution >= 0.6 is 0 Å². The molecule has 0 atom stereocenters. The van der Waals surface area contributed by atoms with Crippen LogP contribution in [0.15, 0.2) is 24.3 Å². The van der Waals surface area contributed by atoms with Crippen molar-refractivity contribution in [3.8, 4) is 0 Å². The fourth-order valence-corrected chi connectivity index (χ4v) is 2.52. The lowest BCUT2D eigenvalue weighted by Crippen LogP contribution is -2.47. The third-order valence-electron chi connectivity index (χ3n) is 3.78. The van der Waals surface area contributed by atoms with Crippen LogP contribution in [-0.4, -0.2) is 50.1 Å². The zero-order valence-corrected chi connectivity index (χ0v) is 13.4. The number of rotatable bonds is 8. The number of hydrogen-bond donors (Lipinski definition) is 2. The van der Waals surface area contributed by atoms with Crippen molar-refractivity contribution in [2.75, 3.05) is 39.3 Å². The van der Waals surface area contributed by atoms with Gasteiger partial charge in [-0.05, 0) is 17.5 Å². The summed E-state index contributed by atoms with van der Waals surface area (Å²) in [6, 6.07) is 8.13. The molecule has 1 amide bonds. The molecule has 1 heterocycles. The molecule has 2 N–H and O–H groups in total. The maximum absolute atomic E-state index is 12.1. The van der Waals surface area contributed by atoms with Crippen molar-refractivity contribution in [2.24, 2.45) is 0 Å². The molecule has 1 aliphatic rings. The number of hydrogen-bond acceptors (Lipinski definition) is 4. The van der Waals surface area contributed by atoms with Crippen LogP contribution in [0, 0.1) is 0 Å². The summed E-state index contributed by atoms with van der Waals surface area (Å²) in [5, 5.41) is 6.31. The number of carbonyl (C=O) groups is 1. The predicted octanol–water partition coefficient (Wildman–Crippen LogP) is 1.13. The molecule has 0 radical (unpaired) electrons. The Morgan fingerprint density at radius 2 is 2.00 bits per heavy atom. The number of carbonyl (C=O) groups excluding carboxylic acids is 1. The van der Waals surface area contributed by atoms with Crippen LogP contribution in [0.25, 0.3) is 0 Å². The van der Waals surface area contributed by atoms with Crippen LogP contribution in [0.2, 0.25) is 0 Å². The summed E-state index contributed by atoms with van der Waals surface area (Å²) in [4.78, 5) is 14.2. The number of benzene rings is 1. The van der Waals surface area contributed by atoms with Crippen LogP contribution in [0.3, 0.4) is 0 Å². The Morgan fingerprint density at radius 1 is 1.27 bits per heavy atom. The SMILES string of the molecule is CCCOCc1ccccc1CNC(=O)CN1CCNCC1. The molecule has 0 bridgehead atoms. The monoisotopic (exact) mass is 305 g/mol. The fraction of sp³-hybridized carbons (Fsp3) is 0.588. The van der Waals surface area contributed by atoms with E-state index in [-0.39, 0.29) is 5.91 Å². The molecule has 1 aliphatic heterocycles. The summed E-state index contributed by atoms with van der Waals surface area (Å²) in [6.45, 7) is 8.33. The van der Waals surface area contributed by atoms with E-state index in [1.165, 1.54) is 0 Å². The molecule has 22 heavy (non-hydrogen) atoms. The Morgan fingerprint density at radius 3 is 2.73 bits per heavy atom. The molecule has 1 fully saturated rings. The quantitative estimate of drug-likeness (QED) is 0.707. The number of nitrogens with one attached hydrogen (secondary N) is 2. The van der Waals surface area contributed by atoms with E-state index in [0.29, 0.717) is 19.7 Å². The first-order valence-electron chi connectivity index (χ1n) is 8.14. The van der Waals surface area contributed by atoms with Gasteiger partial charge < -0.3 is 15.4 Å². The third-order valence-corrected chi connectivity index (χ3v) is 3.78. The first-order valence-corrected chi connectivity index (χ1v) is 8.14. The lowest BCUT2D eigenvalue weighted by molar-refractivity contribution is -0.122. The topological polar surface area (TPSA) is 53.6 Å². The molecule has 5 heteroatoms. The highest BCUT2D eigenvalue weighted by atomic mass is 16.5. The van der Waals surface area contributed by atoms with Crippen molar-refractivity contribution >= 4 is 5.91 Å². The van der Waals surface area contributed by atoms with Crippen LogP contribution in [0.4, 0.5) is 0 Å². The zero-order valence-electron chi connectivity index (χ0n) is 13.4. The van der Waals surface area contributed by atoms with Gasteiger partial charge in [0.05, 0.1) is 13.2 Å². The highest BCUT2D eigenvalue weighted by Gasteiger charge is 2.13. The highest BCUT2D eigenvalue weighted by Crippen LogP contribution is 2.10. The van der Waals surface area contributed by atoms with E-state index in [2.05, 4.69) is 34.6 Å². The number of nitrogens with zero attached hydrogens (tertiary/aromatic N) is 1. The second-order valence-corrected chi connectivity index (χ2v) is 5.62. The maximum Gasteiger partial charge on any atom is 0.234 e. The predicted molar refractivity (Wildman–Crippen MR) is 87.5 cm³/mol. The minimum Gasteiger partial charge on any atom is -0.377 e. The van der Waals surface area contributed by atoms with Gasteiger partial charge >= 0.3 is 0 Å².